The Bertz CT molecular complexity index is 981. The fraction of sp³-hybridized carbons (Fsp3) is 0.684. The van der Waals surface area contributed by atoms with E-state index >= 15 is 0 Å². The Hall–Kier alpha value is -2.75. The van der Waals surface area contributed by atoms with E-state index in [1.54, 1.807) is 0 Å². The summed E-state index contributed by atoms with van der Waals surface area (Å²) in [5.74, 6) is -2.74. The summed E-state index contributed by atoms with van der Waals surface area (Å²) in [6.07, 6.45) is -8.46. The number of carbonyl (C=O) groups excluding carboxylic acids is 2. The van der Waals surface area contributed by atoms with Crippen molar-refractivity contribution >= 4 is 11.8 Å². The molecule has 192 valence electrons. The molecule has 1 aromatic heterocycles. The maximum Gasteiger partial charge on any atom is 0.471 e. The molecule has 34 heavy (non-hydrogen) atoms. The van der Waals surface area contributed by atoms with E-state index in [0.29, 0.717) is 12.8 Å². The Morgan fingerprint density at radius 1 is 1.29 bits per heavy atom. The molecule has 0 aliphatic carbocycles. The zero-order chi connectivity index (χ0) is 25.7. The zero-order valence-electron chi connectivity index (χ0n) is 18.2. The minimum atomic E-state index is -4.97. The van der Waals surface area contributed by atoms with Gasteiger partial charge in [0.25, 0.3) is 5.56 Å². The van der Waals surface area contributed by atoms with E-state index in [-0.39, 0.29) is 13.0 Å². The summed E-state index contributed by atoms with van der Waals surface area (Å²) in [4.78, 5) is 49.1. The van der Waals surface area contributed by atoms with Gasteiger partial charge in [-0.3, -0.25) is 23.9 Å². The van der Waals surface area contributed by atoms with Gasteiger partial charge in [-0.05, 0) is 26.2 Å². The highest BCUT2D eigenvalue weighted by atomic mass is 19.4. The second kappa shape index (κ2) is 11.1. The van der Waals surface area contributed by atoms with Crippen molar-refractivity contribution in [1.82, 2.24) is 20.2 Å². The van der Waals surface area contributed by atoms with Crippen molar-refractivity contribution in [3.05, 3.63) is 33.1 Å². The third kappa shape index (κ3) is 6.43. The van der Waals surface area contributed by atoms with Crippen molar-refractivity contribution in [2.75, 3.05) is 13.2 Å². The maximum atomic E-state index is 12.5. The van der Waals surface area contributed by atoms with E-state index in [0.717, 1.165) is 16.8 Å². The first-order valence-corrected chi connectivity index (χ1v) is 10.4. The highest BCUT2D eigenvalue weighted by Gasteiger charge is 2.56. The van der Waals surface area contributed by atoms with Crippen LogP contribution in [-0.4, -0.2) is 80.4 Å². The minimum Gasteiger partial charge on any atom is -0.394 e. The molecular weight excluding hydrogens is 469 g/mol. The fourth-order valence-electron chi connectivity index (χ4n) is 3.64. The van der Waals surface area contributed by atoms with Crippen LogP contribution in [0.3, 0.4) is 0 Å². The molecule has 0 spiro atoms. The number of nitrogens with one attached hydrogen (secondary N) is 3. The Morgan fingerprint density at radius 2 is 1.97 bits per heavy atom. The van der Waals surface area contributed by atoms with Crippen LogP contribution in [0.25, 0.3) is 0 Å². The summed E-state index contributed by atoms with van der Waals surface area (Å²) in [7, 11) is 0. The van der Waals surface area contributed by atoms with Crippen LogP contribution in [0.15, 0.2) is 21.9 Å². The SMILES string of the molecule is CC(CCCCNC(=O)C[C@@]1(n2ccc(=O)[nH]c2=O)O[C@H](CO)[C@@H](O)[C@H]1O)NC(=O)C(F)(F)F. The number of H-pyrrole nitrogens is 1. The molecule has 0 bridgehead atoms. The molecule has 15 heteroatoms. The summed E-state index contributed by atoms with van der Waals surface area (Å²) in [6, 6.07) is 0.216. The largest absolute Gasteiger partial charge is 0.471 e. The van der Waals surface area contributed by atoms with Crippen LogP contribution >= 0.6 is 0 Å². The number of hydrogen-bond donors (Lipinski definition) is 6. The van der Waals surface area contributed by atoms with Gasteiger partial charge < -0.3 is 30.7 Å². The van der Waals surface area contributed by atoms with Gasteiger partial charge in [-0.25, -0.2) is 4.79 Å². The number of carbonyl (C=O) groups is 2. The molecule has 2 rings (SSSR count). The lowest BCUT2D eigenvalue weighted by Gasteiger charge is -2.33. The monoisotopic (exact) mass is 496 g/mol. The van der Waals surface area contributed by atoms with Crippen LogP contribution < -0.4 is 21.9 Å². The average molecular weight is 496 g/mol. The highest BCUT2D eigenvalue weighted by molar-refractivity contribution is 5.81. The van der Waals surface area contributed by atoms with Gasteiger partial charge >= 0.3 is 17.8 Å². The number of alkyl halides is 3. The fourth-order valence-corrected chi connectivity index (χ4v) is 3.64. The van der Waals surface area contributed by atoms with Crippen molar-refractivity contribution in [2.45, 2.75) is 68.9 Å². The van der Waals surface area contributed by atoms with Crippen molar-refractivity contribution in [3.8, 4) is 0 Å². The Kier molecular flexibility index (Phi) is 8.99. The highest BCUT2D eigenvalue weighted by Crippen LogP contribution is 2.37. The maximum absolute atomic E-state index is 12.5. The van der Waals surface area contributed by atoms with Crippen molar-refractivity contribution < 1.29 is 42.8 Å². The van der Waals surface area contributed by atoms with Crippen LogP contribution in [-0.2, 0) is 20.1 Å². The zero-order valence-corrected chi connectivity index (χ0v) is 18.2. The van der Waals surface area contributed by atoms with Gasteiger partial charge in [0, 0.05) is 24.8 Å². The van der Waals surface area contributed by atoms with E-state index < -0.39 is 72.3 Å². The lowest BCUT2D eigenvalue weighted by molar-refractivity contribution is -0.174. The molecule has 2 heterocycles. The van der Waals surface area contributed by atoms with E-state index in [4.69, 9.17) is 4.74 Å². The summed E-state index contributed by atoms with van der Waals surface area (Å²) in [6.45, 7) is 0.774. The lowest BCUT2D eigenvalue weighted by Crippen LogP contribution is -2.53. The van der Waals surface area contributed by atoms with Gasteiger partial charge in [-0.2, -0.15) is 13.2 Å². The van der Waals surface area contributed by atoms with Crippen molar-refractivity contribution in [3.63, 3.8) is 0 Å². The molecule has 1 aliphatic rings. The molecule has 0 saturated carbocycles. The van der Waals surface area contributed by atoms with E-state index in [1.807, 2.05) is 10.3 Å². The van der Waals surface area contributed by atoms with Crippen molar-refractivity contribution in [2.24, 2.45) is 0 Å². The number of ether oxygens (including phenoxy) is 1. The molecule has 5 atom stereocenters. The molecule has 1 fully saturated rings. The summed E-state index contributed by atoms with van der Waals surface area (Å²) in [5, 5.41) is 34.5. The average Bonchev–Trinajstić information content (AvgIpc) is 2.97. The van der Waals surface area contributed by atoms with Gasteiger partial charge in [-0.1, -0.05) is 0 Å². The van der Waals surface area contributed by atoms with E-state index in [9.17, 15) is 47.7 Å². The summed E-state index contributed by atoms with van der Waals surface area (Å²) < 4.78 is 43.0. The lowest BCUT2D eigenvalue weighted by atomic mass is 9.98. The van der Waals surface area contributed by atoms with Gasteiger partial charge in [0.2, 0.25) is 5.91 Å². The summed E-state index contributed by atoms with van der Waals surface area (Å²) >= 11 is 0. The number of aliphatic hydroxyl groups is 3. The van der Waals surface area contributed by atoms with Gasteiger partial charge in [0.1, 0.15) is 18.3 Å². The standard InChI is InChI=1S/C19H27F3N4O8/c1-10(24-16(32)19(20,21)22)4-2-3-6-23-13(29)8-18(15(31)14(30)11(9-27)34-18)26-7-5-12(28)25-17(26)33/h5,7,10-11,14-15,27,30-31H,2-4,6,8-9H2,1H3,(H,23,29)(H,24,32)(H,25,28,33)/t10?,11-,14-,15-,18-/m1/s1. The molecule has 12 nitrogen and oxygen atoms in total. The second-order valence-corrected chi connectivity index (χ2v) is 7.99. The van der Waals surface area contributed by atoms with Gasteiger partial charge in [0.15, 0.2) is 5.72 Å². The number of nitrogens with zero attached hydrogens (tertiary/aromatic N) is 1. The Balaban J connectivity index is 1.97. The molecule has 1 unspecified atom stereocenters. The number of halogens is 3. The molecule has 1 aromatic rings. The molecule has 6 N–H and O–H groups in total. The second-order valence-electron chi connectivity index (χ2n) is 7.99. The van der Waals surface area contributed by atoms with Gasteiger partial charge in [0.05, 0.1) is 13.0 Å². The van der Waals surface area contributed by atoms with E-state index in [1.165, 1.54) is 6.92 Å². The number of rotatable bonds is 10. The van der Waals surface area contributed by atoms with Crippen LogP contribution in [0.1, 0.15) is 32.6 Å². The third-order valence-corrected chi connectivity index (χ3v) is 5.37. The molecule has 0 aromatic carbocycles. The van der Waals surface area contributed by atoms with Crippen molar-refractivity contribution in [1.29, 1.82) is 0 Å². The number of aliphatic hydroxyl groups excluding tert-OH is 3. The Labute approximate surface area is 190 Å². The number of aromatic nitrogens is 2. The first kappa shape index (κ1) is 27.5. The number of unbranched alkanes of at least 4 members (excludes halogenated alkanes) is 1. The first-order chi connectivity index (χ1) is 15.8. The van der Waals surface area contributed by atoms with E-state index in [2.05, 4.69) is 5.32 Å². The van der Waals surface area contributed by atoms with Crippen LogP contribution in [0.4, 0.5) is 13.2 Å². The topological polar surface area (TPSA) is 183 Å². The van der Waals surface area contributed by atoms with Crippen LogP contribution in [0, 0.1) is 0 Å². The minimum absolute atomic E-state index is 0.0808. The normalized spacial score (nSPS) is 25.7. The predicted molar refractivity (Wildman–Crippen MR) is 108 cm³/mol. The predicted octanol–water partition coefficient (Wildman–Crippen LogP) is -1.95. The number of hydrogen-bond acceptors (Lipinski definition) is 8. The molecule has 2 amide bonds. The third-order valence-electron chi connectivity index (χ3n) is 5.37. The molecule has 1 aliphatic heterocycles. The number of aromatic amines is 1. The molecule has 1 saturated heterocycles. The summed E-state index contributed by atoms with van der Waals surface area (Å²) in [5.41, 5.74) is -3.87. The smallest absolute Gasteiger partial charge is 0.394 e. The first-order valence-electron chi connectivity index (χ1n) is 10.4. The number of amides is 2. The molecule has 0 radical (unpaired) electrons. The van der Waals surface area contributed by atoms with Crippen LogP contribution in [0.5, 0.6) is 0 Å². The Morgan fingerprint density at radius 3 is 2.53 bits per heavy atom. The van der Waals surface area contributed by atoms with Gasteiger partial charge in [-0.15, -0.1) is 0 Å². The quantitative estimate of drug-likeness (QED) is 0.202. The van der Waals surface area contributed by atoms with Crippen LogP contribution in [0.2, 0.25) is 0 Å². The molecular formula is C19H27F3N4O8.